The molecular weight excluding hydrogens is 525 g/mol. The molecule has 0 amide bonds. The van der Waals surface area contributed by atoms with Crippen molar-refractivity contribution in [1.29, 1.82) is 0 Å². The zero-order valence-corrected chi connectivity index (χ0v) is 18.5. The van der Waals surface area contributed by atoms with Crippen molar-refractivity contribution < 1.29 is 4.79 Å². The molecule has 0 saturated carbocycles. The fraction of sp³-hybridized carbons (Fsp3) is 0. The molecule has 136 valence electrons. The van der Waals surface area contributed by atoms with Crippen LogP contribution in [0.4, 0.5) is 0 Å². The highest BCUT2D eigenvalue weighted by Gasteiger charge is 2.23. The molecule has 0 N–H and O–H groups in total. The molecule has 0 fully saturated rings. The molecule has 0 aliphatic rings. The van der Waals surface area contributed by atoms with Crippen molar-refractivity contribution >= 4 is 44.3 Å². The van der Waals surface area contributed by atoms with Gasteiger partial charge < -0.3 is 0 Å². The number of benzene rings is 3. The van der Waals surface area contributed by atoms with Crippen molar-refractivity contribution in [3.8, 4) is 22.4 Å². The summed E-state index contributed by atoms with van der Waals surface area (Å²) in [5, 5.41) is 0. The van der Waals surface area contributed by atoms with E-state index in [0.717, 1.165) is 24.7 Å². The number of aromatic nitrogens is 1. The molecule has 0 spiro atoms. The van der Waals surface area contributed by atoms with Crippen LogP contribution >= 0.6 is 38.5 Å². The molecule has 1 aromatic heterocycles. The van der Waals surface area contributed by atoms with Gasteiger partial charge in [0, 0.05) is 30.9 Å². The molecule has 4 rings (SSSR count). The summed E-state index contributed by atoms with van der Waals surface area (Å²) in [5.74, 6) is -0.0274. The maximum Gasteiger partial charge on any atom is 0.195 e. The summed E-state index contributed by atoms with van der Waals surface area (Å²) in [7, 11) is 0. The molecule has 0 aliphatic heterocycles. The number of hydrogen-bond acceptors (Lipinski definition) is 2. The molecular formula is C24H15BrINO. The normalized spacial score (nSPS) is 10.6. The standard InChI is InChI=1S/C24H15BrINO/c25-19-13-7-12-18(14-19)21-20(26)15-27-23(16-8-3-1-4-9-16)22(21)24(28)17-10-5-2-6-11-17/h1-15H. The second kappa shape index (κ2) is 8.37. The van der Waals surface area contributed by atoms with E-state index < -0.39 is 0 Å². The predicted octanol–water partition coefficient (Wildman–Crippen LogP) is 7.01. The van der Waals surface area contributed by atoms with Crippen LogP contribution in [0.3, 0.4) is 0 Å². The minimum absolute atomic E-state index is 0.0274. The minimum atomic E-state index is -0.0274. The van der Waals surface area contributed by atoms with Gasteiger partial charge in [0.15, 0.2) is 5.78 Å². The summed E-state index contributed by atoms with van der Waals surface area (Å²) in [6.07, 6.45) is 1.83. The topological polar surface area (TPSA) is 30.0 Å². The summed E-state index contributed by atoms with van der Waals surface area (Å²) >= 11 is 5.81. The Labute approximate surface area is 185 Å². The zero-order valence-electron chi connectivity index (χ0n) is 14.8. The fourth-order valence-electron chi connectivity index (χ4n) is 3.18. The maximum atomic E-state index is 13.6. The molecule has 2 nitrogen and oxygen atoms in total. The molecule has 0 radical (unpaired) electrons. The predicted molar refractivity (Wildman–Crippen MR) is 125 cm³/mol. The SMILES string of the molecule is O=C(c1ccccc1)c1c(-c2ccccc2)ncc(I)c1-c1cccc(Br)c1. The van der Waals surface area contributed by atoms with Crippen molar-refractivity contribution in [1.82, 2.24) is 4.98 Å². The monoisotopic (exact) mass is 539 g/mol. The summed E-state index contributed by atoms with van der Waals surface area (Å²) < 4.78 is 1.91. The third kappa shape index (κ3) is 3.80. The molecule has 1 heterocycles. The van der Waals surface area contributed by atoms with Crippen LogP contribution < -0.4 is 0 Å². The number of halogens is 2. The fourth-order valence-corrected chi connectivity index (χ4v) is 4.30. The Bertz CT molecular complexity index is 1140. The number of hydrogen-bond donors (Lipinski definition) is 0. The molecule has 4 aromatic rings. The van der Waals surface area contributed by atoms with Crippen LogP contribution in [-0.4, -0.2) is 10.8 Å². The number of carbonyl (C=O) groups excluding carboxylic acids is 1. The molecule has 0 unspecified atom stereocenters. The van der Waals surface area contributed by atoms with Crippen LogP contribution in [0, 0.1) is 3.57 Å². The van der Waals surface area contributed by atoms with Crippen molar-refractivity contribution in [2.24, 2.45) is 0 Å². The maximum absolute atomic E-state index is 13.6. The van der Waals surface area contributed by atoms with E-state index in [-0.39, 0.29) is 5.78 Å². The molecule has 0 bridgehead atoms. The van der Waals surface area contributed by atoms with Gasteiger partial charge in [-0.15, -0.1) is 0 Å². The number of pyridine rings is 1. The van der Waals surface area contributed by atoms with E-state index in [4.69, 9.17) is 0 Å². The number of rotatable bonds is 4. The number of ketones is 1. The van der Waals surface area contributed by atoms with Gasteiger partial charge in [0.2, 0.25) is 0 Å². The lowest BCUT2D eigenvalue weighted by molar-refractivity contribution is 0.103. The van der Waals surface area contributed by atoms with Gasteiger partial charge in [0.25, 0.3) is 0 Å². The van der Waals surface area contributed by atoms with Gasteiger partial charge >= 0.3 is 0 Å². The van der Waals surface area contributed by atoms with Gasteiger partial charge in [0.1, 0.15) is 0 Å². The van der Waals surface area contributed by atoms with E-state index in [1.165, 1.54) is 0 Å². The first-order valence-electron chi connectivity index (χ1n) is 8.75. The van der Waals surface area contributed by atoms with Crippen LogP contribution in [0.2, 0.25) is 0 Å². The van der Waals surface area contributed by atoms with Crippen LogP contribution in [0.15, 0.2) is 95.6 Å². The van der Waals surface area contributed by atoms with E-state index in [1.54, 1.807) is 0 Å². The van der Waals surface area contributed by atoms with Crippen molar-refractivity contribution in [3.05, 3.63) is 110 Å². The second-order valence-corrected chi connectivity index (χ2v) is 8.35. The Hall–Kier alpha value is -2.31. The summed E-state index contributed by atoms with van der Waals surface area (Å²) in [5.41, 5.74) is 4.80. The lowest BCUT2D eigenvalue weighted by Crippen LogP contribution is -2.09. The van der Waals surface area contributed by atoms with Gasteiger partial charge in [-0.1, -0.05) is 88.7 Å². The number of nitrogens with zero attached hydrogens (tertiary/aromatic N) is 1. The second-order valence-electron chi connectivity index (χ2n) is 6.28. The Morgan fingerprint density at radius 2 is 1.46 bits per heavy atom. The molecule has 0 atom stereocenters. The van der Waals surface area contributed by atoms with Gasteiger partial charge in [-0.3, -0.25) is 9.78 Å². The third-order valence-electron chi connectivity index (χ3n) is 4.46. The average Bonchev–Trinajstić information content (AvgIpc) is 2.74. The Morgan fingerprint density at radius 3 is 2.14 bits per heavy atom. The smallest absolute Gasteiger partial charge is 0.195 e. The van der Waals surface area contributed by atoms with Crippen molar-refractivity contribution in [2.45, 2.75) is 0 Å². The third-order valence-corrected chi connectivity index (χ3v) is 5.77. The van der Waals surface area contributed by atoms with E-state index in [1.807, 2.05) is 91.1 Å². The lowest BCUT2D eigenvalue weighted by Gasteiger charge is -2.16. The Kier molecular flexibility index (Phi) is 5.69. The number of carbonyl (C=O) groups is 1. The first-order valence-corrected chi connectivity index (χ1v) is 10.6. The molecule has 0 aliphatic carbocycles. The highest BCUT2D eigenvalue weighted by Crippen LogP contribution is 2.36. The summed E-state index contributed by atoms with van der Waals surface area (Å²) in [4.78, 5) is 18.3. The first kappa shape index (κ1) is 19.0. The Balaban J connectivity index is 2.04. The van der Waals surface area contributed by atoms with E-state index >= 15 is 0 Å². The van der Waals surface area contributed by atoms with E-state index in [2.05, 4.69) is 43.5 Å². The van der Waals surface area contributed by atoms with Crippen LogP contribution in [0.1, 0.15) is 15.9 Å². The molecule has 3 aromatic carbocycles. The van der Waals surface area contributed by atoms with Crippen LogP contribution in [0.25, 0.3) is 22.4 Å². The largest absolute Gasteiger partial charge is 0.289 e. The van der Waals surface area contributed by atoms with Gasteiger partial charge in [-0.05, 0) is 40.3 Å². The van der Waals surface area contributed by atoms with E-state index in [9.17, 15) is 4.79 Å². The zero-order chi connectivity index (χ0) is 19.5. The Morgan fingerprint density at radius 1 is 0.821 bits per heavy atom. The van der Waals surface area contributed by atoms with Crippen LogP contribution in [-0.2, 0) is 0 Å². The summed E-state index contributed by atoms with van der Waals surface area (Å²) in [6, 6.07) is 27.3. The van der Waals surface area contributed by atoms with Crippen molar-refractivity contribution in [2.75, 3.05) is 0 Å². The highest BCUT2D eigenvalue weighted by atomic mass is 127. The molecule has 0 saturated heterocycles. The van der Waals surface area contributed by atoms with Gasteiger partial charge in [-0.2, -0.15) is 0 Å². The summed E-state index contributed by atoms with van der Waals surface area (Å²) in [6.45, 7) is 0. The average molecular weight is 540 g/mol. The van der Waals surface area contributed by atoms with Crippen molar-refractivity contribution in [3.63, 3.8) is 0 Å². The molecule has 4 heteroatoms. The van der Waals surface area contributed by atoms with Gasteiger partial charge in [-0.25, -0.2) is 0 Å². The quantitative estimate of drug-likeness (QED) is 0.206. The minimum Gasteiger partial charge on any atom is -0.289 e. The van der Waals surface area contributed by atoms with Gasteiger partial charge in [0.05, 0.1) is 11.3 Å². The highest BCUT2D eigenvalue weighted by molar-refractivity contribution is 14.1. The lowest BCUT2D eigenvalue weighted by atomic mass is 9.91. The van der Waals surface area contributed by atoms with E-state index in [0.29, 0.717) is 16.8 Å². The van der Waals surface area contributed by atoms with Crippen LogP contribution in [0.5, 0.6) is 0 Å². The first-order chi connectivity index (χ1) is 13.6. The molecule has 28 heavy (non-hydrogen) atoms.